The third-order valence-electron chi connectivity index (χ3n) is 3.08. The predicted octanol–water partition coefficient (Wildman–Crippen LogP) is 5.48. The molecule has 1 N–H and O–H groups in total. The maximum atomic E-state index is 5.27. The van der Waals surface area contributed by atoms with Gasteiger partial charge in [0.2, 0.25) is 0 Å². The molecule has 5 heteroatoms. The van der Waals surface area contributed by atoms with Gasteiger partial charge in [0, 0.05) is 26.7 Å². The molecule has 0 saturated carbocycles. The molecular weight excluding hydrogens is 396 g/mol. The van der Waals surface area contributed by atoms with Crippen molar-refractivity contribution in [2.45, 2.75) is 6.54 Å². The van der Waals surface area contributed by atoms with Crippen molar-refractivity contribution in [3.8, 4) is 11.3 Å². The number of rotatable bonds is 4. The summed E-state index contributed by atoms with van der Waals surface area (Å²) in [5.41, 5.74) is 3.30. The van der Waals surface area contributed by atoms with Crippen LogP contribution in [0.2, 0.25) is 0 Å². The molecule has 0 radical (unpaired) electrons. The van der Waals surface area contributed by atoms with Gasteiger partial charge in [0.25, 0.3) is 0 Å². The number of benzene rings is 2. The highest BCUT2D eigenvalue weighted by Gasteiger charge is 2.02. The van der Waals surface area contributed by atoms with Crippen molar-refractivity contribution in [3.63, 3.8) is 0 Å². The summed E-state index contributed by atoms with van der Waals surface area (Å²) < 4.78 is 7.39. The van der Waals surface area contributed by atoms with Crippen LogP contribution in [0, 0.1) is 0 Å². The Balaban J connectivity index is 1.66. The number of nitrogens with zero attached hydrogens (tertiary/aromatic N) is 1. The number of oxazole rings is 1. The monoisotopic (exact) mass is 406 g/mol. The van der Waals surface area contributed by atoms with Crippen LogP contribution in [0.5, 0.6) is 0 Å². The maximum Gasteiger partial charge on any atom is 0.181 e. The van der Waals surface area contributed by atoms with E-state index in [0.29, 0.717) is 0 Å². The van der Waals surface area contributed by atoms with Crippen LogP contribution in [0.25, 0.3) is 11.3 Å². The van der Waals surface area contributed by atoms with Crippen molar-refractivity contribution in [2.75, 3.05) is 5.32 Å². The maximum absolute atomic E-state index is 5.27. The highest BCUT2D eigenvalue weighted by molar-refractivity contribution is 9.13. The molecule has 0 aliphatic rings. The van der Waals surface area contributed by atoms with E-state index in [9.17, 15) is 0 Å². The van der Waals surface area contributed by atoms with Gasteiger partial charge in [-0.1, -0.05) is 6.07 Å². The summed E-state index contributed by atoms with van der Waals surface area (Å²) in [6, 6.07) is 14.3. The summed E-state index contributed by atoms with van der Waals surface area (Å²) in [5.74, 6) is 0.776. The Hall–Kier alpha value is -1.59. The molecular formula is C16H12Br2N2O. The van der Waals surface area contributed by atoms with Crippen molar-refractivity contribution in [2.24, 2.45) is 0 Å². The molecule has 0 spiro atoms. The predicted molar refractivity (Wildman–Crippen MR) is 91.1 cm³/mol. The molecule has 3 nitrogen and oxygen atoms in total. The van der Waals surface area contributed by atoms with Gasteiger partial charge in [0.1, 0.15) is 0 Å². The SMILES string of the molecule is Brc1ccc(CNc2ccc(-c3cnco3)cc2)cc1Br. The molecule has 0 saturated heterocycles. The third-order valence-corrected chi connectivity index (χ3v) is 4.96. The van der Waals surface area contributed by atoms with Crippen molar-refractivity contribution < 1.29 is 4.42 Å². The Morgan fingerprint density at radius 1 is 1.00 bits per heavy atom. The Morgan fingerprint density at radius 3 is 2.48 bits per heavy atom. The summed E-state index contributed by atoms with van der Waals surface area (Å²) in [6.45, 7) is 0.771. The lowest BCUT2D eigenvalue weighted by Gasteiger charge is -2.08. The fourth-order valence-electron chi connectivity index (χ4n) is 1.96. The average Bonchev–Trinajstić information content (AvgIpc) is 3.03. The lowest BCUT2D eigenvalue weighted by atomic mass is 10.1. The minimum absolute atomic E-state index is 0.771. The molecule has 3 aromatic rings. The zero-order valence-electron chi connectivity index (χ0n) is 11.0. The van der Waals surface area contributed by atoms with Crippen LogP contribution in [0.15, 0.2) is 68.4 Å². The van der Waals surface area contributed by atoms with Gasteiger partial charge >= 0.3 is 0 Å². The lowest BCUT2D eigenvalue weighted by Crippen LogP contribution is -1.99. The molecule has 0 amide bonds. The summed E-state index contributed by atoms with van der Waals surface area (Å²) >= 11 is 6.98. The first-order valence-electron chi connectivity index (χ1n) is 6.39. The zero-order valence-corrected chi connectivity index (χ0v) is 14.2. The average molecular weight is 408 g/mol. The summed E-state index contributed by atoms with van der Waals surface area (Å²) in [7, 11) is 0. The van der Waals surface area contributed by atoms with Crippen LogP contribution < -0.4 is 5.32 Å². The number of hydrogen-bond acceptors (Lipinski definition) is 3. The standard InChI is InChI=1S/C16H12Br2N2O/c17-14-6-1-11(7-15(14)18)8-20-13-4-2-12(3-5-13)16-9-19-10-21-16/h1-7,9-10,20H,8H2. The van der Waals surface area contributed by atoms with Crippen LogP contribution in [-0.4, -0.2) is 4.98 Å². The van der Waals surface area contributed by atoms with Gasteiger partial charge in [-0.05, 0) is 73.8 Å². The second kappa shape index (κ2) is 6.45. The van der Waals surface area contributed by atoms with E-state index in [1.54, 1.807) is 6.20 Å². The summed E-state index contributed by atoms with van der Waals surface area (Å²) in [5, 5.41) is 3.40. The fraction of sp³-hybridized carbons (Fsp3) is 0.0625. The quantitative estimate of drug-likeness (QED) is 0.622. The minimum Gasteiger partial charge on any atom is -0.444 e. The summed E-state index contributed by atoms with van der Waals surface area (Å²) in [6.07, 6.45) is 3.15. The minimum atomic E-state index is 0.771. The molecule has 0 aliphatic heterocycles. The Bertz CT molecular complexity index is 725. The van der Waals surface area contributed by atoms with Gasteiger partial charge < -0.3 is 9.73 Å². The van der Waals surface area contributed by atoms with Crippen molar-refractivity contribution >= 4 is 37.5 Å². The van der Waals surface area contributed by atoms with Crippen LogP contribution in [-0.2, 0) is 6.54 Å². The molecule has 2 aromatic carbocycles. The molecule has 21 heavy (non-hydrogen) atoms. The fourth-order valence-corrected chi connectivity index (χ4v) is 2.64. The van der Waals surface area contributed by atoms with Gasteiger partial charge in [-0.3, -0.25) is 0 Å². The van der Waals surface area contributed by atoms with E-state index in [4.69, 9.17) is 4.42 Å². The molecule has 0 unspecified atom stereocenters. The largest absolute Gasteiger partial charge is 0.444 e. The Kier molecular flexibility index (Phi) is 4.41. The first-order valence-corrected chi connectivity index (χ1v) is 7.98. The Labute approximate surface area is 139 Å². The second-order valence-electron chi connectivity index (χ2n) is 4.55. The first kappa shape index (κ1) is 14.4. The highest BCUT2D eigenvalue weighted by atomic mass is 79.9. The number of nitrogens with one attached hydrogen (secondary N) is 1. The van der Waals surface area contributed by atoms with Gasteiger partial charge in [0.15, 0.2) is 12.2 Å². The van der Waals surface area contributed by atoms with E-state index >= 15 is 0 Å². The third kappa shape index (κ3) is 3.54. The van der Waals surface area contributed by atoms with Gasteiger partial charge in [-0.15, -0.1) is 0 Å². The molecule has 106 valence electrons. The number of aromatic nitrogens is 1. The lowest BCUT2D eigenvalue weighted by molar-refractivity contribution is 0.572. The van der Waals surface area contributed by atoms with Crippen molar-refractivity contribution in [3.05, 3.63) is 69.6 Å². The smallest absolute Gasteiger partial charge is 0.181 e. The Morgan fingerprint density at radius 2 is 1.81 bits per heavy atom. The molecule has 0 bridgehead atoms. The van der Waals surface area contributed by atoms with E-state index in [2.05, 4.69) is 54.3 Å². The molecule has 0 aliphatic carbocycles. The van der Waals surface area contributed by atoms with Gasteiger partial charge in [-0.25, -0.2) is 4.98 Å². The van der Waals surface area contributed by atoms with Crippen LogP contribution in [0.4, 0.5) is 5.69 Å². The van der Waals surface area contributed by atoms with Crippen LogP contribution in [0.1, 0.15) is 5.56 Å². The molecule has 0 fully saturated rings. The highest BCUT2D eigenvalue weighted by Crippen LogP contribution is 2.25. The van der Waals surface area contributed by atoms with Crippen molar-refractivity contribution in [1.29, 1.82) is 0 Å². The van der Waals surface area contributed by atoms with E-state index < -0.39 is 0 Å². The van der Waals surface area contributed by atoms with E-state index in [1.165, 1.54) is 12.0 Å². The number of hydrogen-bond donors (Lipinski definition) is 1. The van der Waals surface area contributed by atoms with Gasteiger partial charge in [0.05, 0.1) is 6.20 Å². The molecule has 3 rings (SSSR count). The van der Waals surface area contributed by atoms with E-state index in [1.807, 2.05) is 30.3 Å². The topological polar surface area (TPSA) is 38.1 Å². The normalized spacial score (nSPS) is 10.6. The number of anilines is 1. The number of halogens is 2. The molecule has 1 aromatic heterocycles. The van der Waals surface area contributed by atoms with Gasteiger partial charge in [-0.2, -0.15) is 0 Å². The molecule has 0 atom stereocenters. The van der Waals surface area contributed by atoms with Crippen molar-refractivity contribution in [1.82, 2.24) is 4.98 Å². The van der Waals surface area contributed by atoms with Crippen LogP contribution in [0.3, 0.4) is 0 Å². The van der Waals surface area contributed by atoms with Crippen LogP contribution >= 0.6 is 31.9 Å². The van der Waals surface area contributed by atoms with E-state index in [-0.39, 0.29) is 0 Å². The van der Waals surface area contributed by atoms with E-state index in [0.717, 1.165) is 32.5 Å². The first-order chi connectivity index (χ1) is 10.2. The second-order valence-corrected chi connectivity index (χ2v) is 6.25. The zero-order chi connectivity index (χ0) is 14.7. The molecule has 1 heterocycles. The summed E-state index contributed by atoms with van der Waals surface area (Å²) in [4.78, 5) is 3.92.